The van der Waals surface area contributed by atoms with Crippen molar-refractivity contribution < 1.29 is 14.0 Å². The number of rotatable bonds is 7. The molecule has 2 rings (SSSR count). The van der Waals surface area contributed by atoms with Gasteiger partial charge in [0.25, 0.3) is 0 Å². The molecule has 2 amide bonds. The molecular weight excluding hydrogens is 345 g/mol. The number of hydrogen-bond donors (Lipinski definition) is 1. The summed E-state index contributed by atoms with van der Waals surface area (Å²) in [6.45, 7) is 4.58. The molecule has 6 heteroatoms. The lowest BCUT2D eigenvalue weighted by Crippen LogP contribution is -2.39. The van der Waals surface area contributed by atoms with Crippen LogP contribution in [-0.2, 0) is 16.1 Å². The van der Waals surface area contributed by atoms with Crippen LogP contribution in [0.2, 0.25) is 0 Å². The summed E-state index contributed by atoms with van der Waals surface area (Å²) in [5, 5.41) is 2.89. The summed E-state index contributed by atoms with van der Waals surface area (Å²) in [5.41, 5.74) is 3.78. The highest BCUT2D eigenvalue weighted by molar-refractivity contribution is 5.93. The molecule has 0 aliphatic heterocycles. The number of benzene rings is 2. The van der Waals surface area contributed by atoms with Gasteiger partial charge >= 0.3 is 0 Å². The van der Waals surface area contributed by atoms with E-state index < -0.39 is 0 Å². The van der Waals surface area contributed by atoms with Gasteiger partial charge in [-0.2, -0.15) is 0 Å². The molecule has 0 spiro atoms. The summed E-state index contributed by atoms with van der Waals surface area (Å²) in [7, 11) is 3.42. The predicted molar refractivity (Wildman–Crippen MR) is 105 cm³/mol. The molecule has 0 aliphatic rings. The van der Waals surface area contributed by atoms with Gasteiger partial charge in [-0.1, -0.05) is 24.3 Å². The second-order valence-corrected chi connectivity index (χ2v) is 6.84. The molecule has 0 aromatic heterocycles. The van der Waals surface area contributed by atoms with Crippen LogP contribution >= 0.6 is 0 Å². The number of carbonyl (C=O) groups is 2. The Balaban J connectivity index is 1.83. The van der Waals surface area contributed by atoms with Crippen LogP contribution < -0.4 is 5.32 Å². The zero-order valence-corrected chi connectivity index (χ0v) is 16.3. The van der Waals surface area contributed by atoms with Crippen LogP contribution in [0.4, 0.5) is 10.1 Å². The van der Waals surface area contributed by atoms with E-state index in [2.05, 4.69) is 5.32 Å². The van der Waals surface area contributed by atoms with Crippen LogP contribution in [-0.4, -0.2) is 48.8 Å². The third-order valence-electron chi connectivity index (χ3n) is 4.46. The number of aryl methyl sites for hydroxylation is 1. The smallest absolute Gasteiger partial charge is 0.238 e. The van der Waals surface area contributed by atoms with E-state index in [0.29, 0.717) is 6.54 Å². The van der Waals surface area contributed by atoms with Gasteiger partial charge in [-0.15, -0.1) is 0 Å². The average molecular weight is 371 g/mol. The molecule has 0 fully saturated rings. The fourth-order valence-electron chi connectivity index (χ4n) is 2.68. The van der Waals surface area contributed by atoms with Crippen molar-refractivity contribution in [1.82, 2.24) is 9.80 Å². The molecule has 0 atom stereocenters. The van der Waals surface area contributed by atoms with Crippen LogP contribution in [0.5, 0.6) is 0 Å². The summed E-state index contributed by atoms with van der Waals surface area (Å²) in [5.74, 6) is -0.580. The van der Waals surface area contributed by atoms with E-state index in [1.54, 1.807) is 36.0 Å². The van der Waals surface area contributed by atoms with Crippen molar-refractivity contribution in [1.29, 1.82) is 0 Å². The number of carbonyl (C=O) groups excluding carboxylic acids is 2. The van der Waals surface area contributed by atoms with Crippen LogP contribution in [0.3, 0.4) is 0 Å². The highest BCUT2D eigenvalue weighted by atomic mass is 19.1. The zero-order valence-electron chi connectivity index (χ0n) is 16.3. The maximum Gasteiger partial charge on any atom is 0.238 e. The summed E-state index contributed by atoms with van der Waals surface area (Å²) in [6, 6.07) is 11.8. The van der Waals surface area contributed by atoms with Crippen molar-refractivity contribution in [2.24, 2.45) is 0 Å². The summed E-state index contributed by atoms with van der Waals surface area (Å²) >= 11 is 0. The molecule has 0 saturated heterocycles. The Kier molecular flexibility index (Phi) is 7.07. The molecule has 0 aliphatic carbocycles. The van der Waals surface area contributed by atoms with Crippen molar-refractivity contribution in [3.63, 3.8) is 0 Å². The lowest BCUT2D eigenvalue weighted by atomic mass is 10.1. The first-order valence-corrected chi connectivity index (χ1v) is 8.79. The van der Waals surface area contributed by atoms with E-state index in [0.717, 1.165) is 22.4 Å². The first kappa shape index (κ1) is 20.6. The van der Waals surface area contributed by atoms with Gasteiger partial charge in [0, 0.05) is 19.3 Å². The number of hydrogen-bond acceptors (Lipinski definition) is 3. The van der Waals surface area contributed by atoms with Crippen LogP contribution in [0, 0.1) is 19.7 Å². The van der Waals surface area contributed by atoms with Gasteiger partial charge in [0.15, 0.2) is 0 Å². The molecule has 0 bridgehead atoms. The standard InChI is InChI=1S/C21H26FN3O2/c1-15-6-5-7-19(16(15)2)23-20(26)13-24(3)14-21(27)25(4)12-17-8-10-18(22)11-9-17/h5-11H,12-14H2,1-4H3,(H,23,26). The summed E-state index contributed by atoms with van der Waals surface area (Å²) in [4.78, 5) is 27.8. The van der Waals surface area contributed by atoms with Gasteiger partial charge in [-0.25, -0.2) is 4.39 Å². The largest absolute Gasteiger partial charge is 0.340 e. The summed E-state index contributed by atoms with van der Waals surface area (Å²) in [6.07, 6.45) is 0. The van der Waals surface area contributed by atoms with Crippen LogP contribution in [0.25, 0.3) is 0 Å². The topological polar surface area (TPSA) is 52.7 Å². The van der Waals surface area contributed by atoms with E-state index in [-0.39, 0.29) is 30.7 Å². The number of anilines is 1. The Morgan fingerprint density at radius 3 is 2.33 bits per heavy atom. The van der Waals surface area contributed by atoms with Gasteiger partial charge in [-0.3, -0.25) is 14.5 Å². The predicted octanol–water partition coefficient (Wildman–Crippen LogP) is 2.97. The fraction of sp³-hybridized carbons (Fsp3) is 0.333. The van der Waals surface area contributed by atoms with Crippen molar-refractivity contribution in [3.8, 4) is 0 Å². The zero-order chi connectivity index (χ0) is 20.0. The highest BCUT2D eigenvalue weighted by Crippen LogP contribution is 2.17. The molecule has 2 aromatic carbocycles. The van der Waals surface area contributed by atoms with Gasteiger partial charge < -0.3 is 10.2 Å². The summed E-state index contributed by atoms with van der Waals surface area (Å²) < 4.78 is 13.0. The van der Waals surface area contributed by atoms with Crippen molar-refractivity contribution in [2.45, 2.75) is 20.4 Å². The Morgan fingerprint density at radius 1 is 1.00 bits per heavy atom. The van der Waals surface area contributed by atoms with E-state index in [1.165, 1.54) is 12.1 Å². The van der Waals surface area contributed by atoms with E-state index in [4.69, 9.17) is 0 Å². The van der Waals surface area contributed by atoms with Gasteiger partial charge in [0.1, 0.15) is 5.82 Å². The maximum absolute atomic E-state index is 13.0. The minimum atomic E-state index is -0.303. The lowest BCUT2D eigenvalue weighted by molar-refractivity contribution is -0.131. The molecule has 0 saturated carbocycles. The van der Waals surface area contributed by atoms with E-state index >= 15 is 0 Å². The van der Waals surface area contributed by atoms with Gasteiger partial charge in [0.2, 0.25) is 11.8 Å². The minimum absolute atomic E-state index is 0.110. The first-order chi connectivity index (χ1) is 12.8. The second-order valence-electron chi connectivity index (χ2n) is 6.84. The monoisotopic (exact) mass is 371 g/mol. The second kappa shape index (κ2) is 9.28. The molecule has 2 aromatic rings. The minimum Gasteiger partial charge on any atom is -0.340 e. The molecule has 0 unspecified atom stereocenters. The number of nitrogens with one attached hydrogen (secondary N) is 1. The van der Waals surface area contributed by atoms with Gasteiger partial charge in [-0.05, 0) is 55.8 Å². The third-order valence-corrected chi connectivity index (χ3v) is 4.46. The molecule has 0 radical (unpaired) electrons. The number of halogens is 1. The molecule has 27 heavy (non-hydrogen) atoms. The quantitative estimate of drug-likeness (QED) is 0.814. The Labute approximate surface area is 159 Å². The molecule has 144 valence electrons. The molecule has 1 N–H and O–H groups in total. The number of likely N-dealkylation sites (N-methyl/N-ethyl adjacent to an activating group) is 2. The van der Waals surface area contributed by atoms with E-state index in [9.17, 15) is 14.0 Å². The van der Waals surface area contributed by atoms with Crippen LogP contribution in [0.1, 0.15) is 16.7 Å². The normalized spacial score (nSPS) is 10.7. The first-order valence-electron chi connectivity index (χ1n) is 8.79. The Morgan fingerprint density at radius 2 is 1.67 bits per heavy atom. The fourth-order valence-corrected chi connectivity index (χ4v) is 2.68. The SMILES string of the molecule is Cc1cccc(NC(=O)CN(C)CC(=O)N(C)Cc2ccc(F)cc2)c1C. The number of nitrogens with zero attached hydrogens (tertiary/aromatic N) is 2. The molecule has 5 nitrogen and oxygen atoms in total. The van der Waals surface area contributed by atoms with Crippen molar-refractivity contribution >= 4 is 17.5 Å². The van der Waals surface area contributed by atoms with Crippen molar-refractivity contribution in [3.05, 3.63) is 65.0 Å². The lowest BCUT2D eigenvalue weighted by Gasteiger charge is -2.22. The molecular formula is C21H26FN3O2. The van der Waals surface area contributed by atoms with E-state index in [1.807, 2.05) is 32.0 Å². The Hall–Kier alpha value is -2.73. The highest BCUT2D eigenvalue weighted by Gasteiger charge is 2.15. The van der Waals surface area contributed by atoms with Crippen LogP contribution in [0.15, 0.2) is 42.5 Å². The average Bonchev–Trinajstić information content (AvgIpc) is 2.60. The van der Waals surface area contributed by atoms with Crippen molar-refractivity contribution in [2.75, 3.05) is 32.5 Å². The Bertz CT molecular complexity index is 806. The third kappa shape index (κ3) is 6.18. The number of amides is 2. The van der Waals surface area contributed by atoms with Gasteiger partial charge in [0.05, 0.1) is 13.1 Å². The maximum atomic E-state index is 13.0. The molecule has 0 heterocycles.